The SMILES string of the molecule is CN1CCc2ncc(B(O)O)cc2C1. The van der Waals surface area contributed by atoms with Crippen LogP contribution >= 0.6 is 0 Å². The number of aromatic nitrogens is 1. The van der Waals surface area contributed by atoms with Gasteiger partial charge in [0.25, 0.3) is 0 Å². The van der Waals surface area contributed by atoms with Gasteiger partial charge in [0.1, 0.15) is 0 Å². The van der Waals surface area contributed by atoms with Gasteiger partial charge in [0.05, 0.1) is 0 Å². The summed E-state index contributed by atoms with van der Waals surface area (Å²) in [7, 11) is 0.630. The molecule has 1 aliphatic rings. The number of fused-ring (bicyclic) bond motifs is 1. The molecule has 0 aromatic carbocycles. The van der Waals surface area contributed by atoms with E-state index in [-0.39, 0.29) is 0 Å². The Morgan fingerprint density at radius 2 is 2.29 bits per heavy atom. The molecule has 0 amide bonds. The Balaban J connectivity index is 2.33. The average molecular weight is 192 g/mol. The van der Waals surface area contributed by atoms with E-state index in [1.165, 1.54) is 6.20 Å². The Bertz CT molecular complexity index is 344. The van der Waals surface area contributed by atoms with Gasteiger partial charge in [-0.3, -0.25) is 4.98 Å². The van der Waals surface area contributed by atoms with Crippen molar-refractivity contribution in [3.05, 3.63) is 23.5 Å². The lowest BCUT2D eigenvalue weighted by molar-refractivity contribution is 0.310. The van der Waals surface area contributed by atoms with Crippen LogP contribution < -0.4 is 5.46 Å². The van der Waals surface area contributed by atoms with E-state index >= 15 is 0 Å². The molecule has 0 radical (unpaired) electrons. The zero-order valence-electron chi connectivity index (χ0n) is 8.14. The van der Waals surface area contributed by atoms with Crippen LogP contribution in [0.5, 0.6) is 0 Å². The molecule has 14 heavy (non-hydrogen) atoms. The Morgan fingerprint density at radius 1 is 1.50 bits per heavy atom. The molecule has 0 bridgehead atoms. The summed E-state index contributed by atoms with van der Waals surface area (Å²) >= 11 is 0. The first-order chi connectivity index (χ1) is 6.66. The third kappa shape index (κ3) is 1.80. The smallest absolute Gasteiger partial charge is 0.423 e. The van der Waals surface area contributed by atoms with Crippen LogP contribution in [0.1, 0.15) is 11.3 Å². The lowest BCUT2D eigenvalue weighted by Crippen LogP contribution is -2.34. The summed E-state index contributed by atoms with van der Waals surface area (Å²) in [5.74, 6) is 0. The second kappa shape index (κ2) is 3.69. The van der Waals surface area contributed by atoms with Crippen molar-refractivity contribution in [3.8, 4) is 0 Å². The summed E-state index contributed by atoms with van der Waals surface area (Å²) in [6.07, 6.45) is 2.47. The van der Waals surface area contributed by atoms with Crippen molar-refractivity contribution in [3.63, 3.8) is 0 Å². The van der Waals surface area contributed by atoms with E-state index in [2.05, 4.69) is 9.88 Å². The Labute approximate surface area is 83.3 Å². The molecular weight excluding hydrogens is 179 g/mol. The highest BCUT2D eigenvalue weighted by molar-refractivity contribution is 6.58. The minimum absolute atomic E-state index is 0.471. The molecule has 4 nitrogen and oxygen atoms in total. The van der Waals surface area contributed by atoms with Gasteiger partial charge in [-0.2, -0.15) is 0 Å². The van der Waals surface area contributed by atoms with Crippen molar-refractivity contribution < 1.29 is 10.0 Å². The van der Waals surface area contributed by atoms with Crippen molar-refractivity contribution in [1.29, 1.82) is 0 Å². The number of nitrogens with zero attached hydrogens (tertiary/aromatic N) is 2. The predicted molar refractivity (Wildman–Crippen MR) is 54.1 cm³/mol. The lowest BCUT2D eigenvalue weighted by Gasteiger charge is -2.24. The van der Waals surface area contributed by atoms with Crippen LogP contribution in [-0.4, -0.2) is 40.6 Å². The predicted octanol–water partition coefficient (Wildman–Crippen LogP) is -1.25. The third-order valence-corrected chi connectivity index (χ3v) is 2.55. The van der Waals surface area contributed by atoms with Crippen molar-refractivity contribution in [1.82, 2.24) is 9.88 Å². The molecule has 74 valence electrons. The molecule has 0 atom stereocenters. The molecule has 0 unspecified atom stereocenters. The lowest BCUT2D eigenvalue weighted by atomic mass is 9.80. The van der Waals surface area contributed by atoms with Gasteiger partial charge >= 0.3 is 7.12 Å². The number of rotatable bonds is 1. The monoisotopic (exact) mass is 192 g/mol. The Hall–Kier alpha value is -0.905. The van der Waals surface area contributed by atoms with Gasteiger partial charge in [-0.1, -0.05) is 6.07 Å². The topological polar surface area (TPSA) is 56.6 Å². The van der Waals surface area contributed by atoms with Crippen molar-refractivity contribution in [2.24, 2.45) is 0 Å². The summed E-state index contributed by atoms with van der Waals surface area (Å²) in [5, 5.41) is 18.0. The summed E-state index contributed by atoms with van der Waals surface area (Å²) in [4.78, 5) is 6.42. The van der Waals surface area contributed by atoms with Gasteiger partial charge in [-0.25, -0.2) is 0 Å². The van der Waals surface area contributed by atoms with E-state index < -0.39 is 7.12 Å². The number of likely N-dealkylation sites (N-methyl/N-ethyl adjacent to an activating group) is 1. The second-order valence-electron chi connectivity index (χ2n) is 3.74. The molecule has 2 heterocycles. The van der Waals surface area contributed by atoms with Crippen LogP contribution in [0.25, 0.3) is 0 Å². The summed E-state index contributed by atoms with van der Waals surface area (Å²) in [5.41, 5.74) is 2.65. The molecule has 0 aliphatic carbocycles. The largest absolute Gasteiger partial charge is 0.490 e. The summed E-state index contributed by atoms with van der Waals surface area (Å²) in [6.45, 7) is 1.85. The highest BCUT2D eigenvalue weighted by Crippen LogP contribution is 2.13. The highest BCUT2D eigenvalue weighted by atomic mass is 16.4. The van der Waals surface area contributed by atoms with Crippen molar-refractivity contribution in [2.75, 3.05) is 13.6 Å². The molecule has 1 aliphatic heterocycles. The molecule has 2 N–H and O–H groups in total. The maximum atomic E-state index is 8.99. The number of pyridine rings is 1. The molecule has 0 fully saturated rings. The van der Waals surface area contributed by atoms with Crippen LogP contribution in [0, 0.1) is 0 Å². The fourth-order valence-corrected chi connectivity index (χ4v) is 1.73. The molecule has 1 aromatic heterocycles. The van der Waals surface area contributed by atoms with Gasteiger partial charge in [0.2, 0.25) is 0 Å². The Kier molecular flexibility index (Phi) is 2.54. The van der Waals surface area contributed by atoms with Gasteiger partial charge in [-0.15, -0.1) is 0 Å². The van der Waals surface area contributed by atoms with Gasteiger partial charge in [-0.05, 0) is 12.6 Å². The van der Waals surface area contributed by atoms with Gasteiger partial charge in [0.15, 0.2) is 0 Å². The number of hydrogen-bond donors (Lipinski definition) is 2. The highest BCUT2D eigenvalue weighted by Gasteiger charge is 2.18. The van der Waals surface area contributed by atoms with Crippen LogP contribution in [0.3, 0.4) is 0 Å². The average Bonchev–Trinajstić information content (AvgIpc) is 2.16. The third-order valence-electron chi connectivity index (χ3n) is 2.55. The minimum atomic E-state index is -1.42. The molecule has 0 saturated heterocycles. The molecular formula is C9H13BN2O2. The van der Waals surface area contributed by atoms with Gasteiger partial charge < -0.3 is 14.9 Å². The molecule has 0 saturated carbocycles. The molecule has 5 heteroatoms. The minimum Gasteiger partial charge on any atom is -0.423 e. The zero-order valence-corrected chi connectivity index (χ0v) is 8.14. The fourth-order valence-electron chi connectivity index (χ4n) is 1.73. The van der Waals surface area contributed by atoms with Crippen LogP contribution in [0.2, 0.25) is 0 Å². The van der Waals surface area contributed by atoms with Crippen LogP contribution in [-0.2, 0) is 13.0 Å². The standard InChI is InChI=1S/C9H13BN2O2/c1-12-3-2-9-7(6-12)4-8(5-11-9)10(13)14/h4-5,13-14H,2-3,6H2,1H3. The maximum absolute atomic E-state index is 8.99. The normalized spacial score (nSPS) is 16.5. The molecule has 0 spiro atoms. The van der Waals surface area contributed by atoms with E-state index in [0.29, 0.717) is 5.46 Å². The Morgan fingerprint density at radius 3 is 3.00 bits per heavy atom. The quantitative estimate of drug-likeness (QED) is 0.546. The zero-order chi connectivity index (χ0) is 10.1. The van der Waals surface area contributed by atoms with E-state index in [0.717, 1.165) is 30.8 Å². The van der Waals surface area contributed by atoms with Crippen molar-refractivity contribution in [2.45, 2.75) is 13.0 Å². The maximum Gasteiger partial charge on any atom is 0.490 e. The van der Waals surface area contributed by atoms with Crippen molar-refractivity contribution >= 4 is 12.6 Å². The summed E-state index contributed by atoms with van der Waals surface area (Å²) in [6, 6.07) is 1.82. The van der Waals surface area contributed by atoms with Crippen LogP contribution in [0.4, 0.5) is 0 Å². The van der Waals surface area contributed by atoms with E-state index in [9.17, 15) is 0 Å². The van der Waals surface area contributed by atoms with E-state index in [1.54, 1.807) is 0 Å². The first-order valence-corrected chi connectivity index (χ1v) is 4.69. The van der Waals surface area contributed by atoms with Crippen LogP contribution in [0.15, 0.2) is 12.3 Å². The fraction of sp³-hybridized carbons (Fsp3) is 0.444. The summed E-state index contributed by atoms with van der Waals surface area (Å²) < 4.78 is 0. The van der Waals surface area contributed by atoms with E-state index in [4.69, 9.17) is 10.0 Å². The second-order valence-corrected chi connectivity index (χ2v) is 3.74. The van der Waals surface area contributed by atoms with E-state index in [1.807, 2.05) is 13.1 Å². The first-order valence-electron chi connectivity index (χ1n) is 4.69. The molecule has 1 aromatic rings. The number of hydrogen-bond acceptors (Lipinski definition) is 4. The first kappa shape index (κ1) is 9.64. The molecule has 2 rings (SSSR count). The van der Waals surface area contributed by atoms with Gasteiger partial charge in [0, 0.05) is 36.9 Å².